The monoisotopic (exact) mass is 209 g/mol. The molecule has 0 saturated carbocycles. The molecule has 0 aliphatic carbocycles. The molecule has 0 spiro atoms. The van der Waals surface area contributed by atoms with Crippen molar-refractivity contribution in [2.45, 2.75) is 13.5 Å². The number of halogens is 1. The van der Waals surface area contributed by atoms with Gasteiger partial charge in [0.05, 0.1) is 6.54 Å². The van der Waals surface area contributed by atoms with Crippen LogP contribution in [0.25, 0.3) is 0 Å². The van der Waals surface area contributed by atoms with E-state index >= 15 is 0 Å². The molecule has 0 atom stereocenters. The average Bonchev–Trinajstić information content (AvgIpc) is 2.32. The zero-order valence-corrected chi connectivity index (χ0v) is 7.85. The number of fused-ring (bicyclic) bond motifs is 1. The quantitative estimate of drug-likeness (QED) is 0.624. The number of nitrogens with zero attached hydrogens (tertiary/aromatic N) is 1. The highest BCUT2D eigenvalue weighted by atomic mass is 79.9. The maximum Gasteiger partial charge on any atom is 0.0650 e. The van der Waals surface area contributed by atoms with Gasteiger partial charge in [-0.2, -0.15) is 0 Å². The second-order valence-electron chi connectivity index (χ2n) is 2.70. The first kappa shape index (κ1) is 7.04. The molecular formula is C9H8BrN. The summed E-state index contributed by atoms with van der Waals surface area (Å²) in [5, 5.41) is 0. The predicted octanol–water partition coefficient (Wildman–Crippen LogP) is 2.77. The fourth-order valence-corrected chi connectivity index (χ4v) is 1.74. The second-order valence-corrected chi connectivity index (χ2v) is 3.62. The van der Waals surface area contributed by atoms with Crippen LogP contribution in [0.2, 0.25) is 0 Å². The smallest absolute Gasteiger partial charge is 0.0650 e. The molecule has 0 unspecified atom stereocenters. The zero-order valence-electron chi connectivity index (χ0n) is 6.26. The molecule has 1 heterocycles. The van der Waals surface area contributed by atoms with Crippen LogP contribution in [0.3, 0.4) is 0 Å². The molecule has 1 aliphatic rings. The standard InChI is InChI=1S/C9H8BrN/c1-6-9-3-2-8(10)4-7(9)5-11-6/h2-4H,5H2,1H3. The lowest BCUT2D eigenvalue weighted by atomic mass is 10.1. The largest absolute Gasteiger partial charge is 0.285 e. The van der Waals surface area contributed by atoms with Crippen LogP contribution in [0.1, 0.15) is 18.1 Å². The van der Waals surface area contributed by atoms with Gasteiger partial charge in [-0.1, -0.05) is 22.0 Å². The van der Waals surface area contributed by atoms with Gasteiger partial charge in [-0.05, 0) is 24.6 Å². The van der Waals surface area contributed by atoms with Gasteiger partial charge in [-0.25, -0.2) is 0 Å². The molecule has 0 aromatic heterocycles. The summed E-state index contributed by atoms with van der Waals surface area (Å²) < 4.78 is 1.14. The van der Waals surface area contributed by atoms with Crippen LogP contribution >= 0.6 is 15.9 Å². The van der Waals surface area contributed by atoms with E-state index < -0.39 is 0 Å². The normalized spacial score (nSPS) is 14.5. The van der Waals surface area contributed by atoms with Crippen molar-refractivity contribution in [2.75, 3.05) is 0 Å². The van der Waals surface area contributed by atoms with Gasteiger partial charge < -0.3 is 0 Å². The van der Waals surface area contributed by atoms with Gasteiger partial charge in [0, 0.05) is 15.7 Å². The van der Waals surface area contributed by atoms with E-state index in [1.165, 1.54) is 11.1 Å². The van der Waals surface area contributed by atoms with Crippen molar-refractivity contribution >= 4 is 21.6 Å². The van der Waals surface area contributed by atoms with Gasteiger partial charge in [0.25, 0.3) is 0 Å². The SMILES string of the molecule is CC1=NCc2cc(Br)ccc21. The van der Waals surface area contributed by atoms with E-state index in [2.05, 4.69) is 46.0 Å². The first-order valence-corrected chi connectivity index (χ1v) is 4.36. The van der Waals surface area contributed by atoms with Crippen LogP contribution < -0.4 is 0 Å². The van der Waals surface area contributed by atoms with Crippen LogP contribution in [-0.2, 0) is 6.54 Å². The summed E-state index contributed by atoms with van der Waals surface area (Å²) in [7, 11) is 0. The molecule has 0 bridgehead atoms. The minimum absolute atomic E-state index is 0.848. The summed E-state index contributed by atoms with van der Waals surface area (Å²) in [5.74, 6) is 0. The molecule has 1 nitrogen and oxygen atoms in total. The third-order valence-electron chi connectivity index (χ3n) is 1.94. The van der Waals surface area contributed by atoms with Gasteiger partial charge >= 0.3 is 0 Å². The molecule has 11 heavy (non-hydrogen) atoms. The first-order valence-electron chi connectivity index (χ1n) is 3.57. The molecule has 1 aromatic carbocycles. The van der Waals surface area contributed by atoms with E-state index in [0.29, 0.717) is 0 Å². The van der Waals surface area contributed by atoms with Crippen LogP contribution in [0, 0.1) is 0 Å². The molecule has 2 heteroatoms. The lowest BCUT2D eigenvalue weighted by molar-refractivity contribution is 1.10. The maximum atomic E-state index is 4.34. The Morgan fingerprint density at radius 2 is 2.27 bits per heavy atom. The Labute approximate surface area is 74.3 Å². The highest BCUT2D eigenvalue weighted by Gasteiger charge is 2.10. The van der Waals surface area contributed by atoms with E-state index in [0.717, 1.165) is 16.7 Å². The van der Waals surface area contributed by atoms with E-state index in [-0.39, 0.29) is 0 Å². The number of aliphatic imine (C=N–C) groups is 1. The number of benzene rings is 1. The molecule has 0 saturated heterocycles. The Bertz CT molecular complexity index is 328. The first-order chi connectivity index (χ1) is 5.27. The van der Waals surface area contributed by atoms with Crippen molar-refractivity contribution in [2.24, 2.45) is 4.99 Å². The summed E-state index contributed by atoms with van der Waals surface area (Å²) in [6, 6.07) is 6.31. The molecule has 0 fully saturated rings. The van der Waals surface area contributed by atoms with Crippen LogP contribution in [0.5, 0.6) is 0 Å². The molecule has 0 N–H and O–H groups in total. The molecule has 0 amide bonds. The zero-order chi connectivity index (χ0) is 7.84. The Hall–Kier alpha value is -0.630. The molecule has 2 rings (SSSR count). The third-order valence-corrected chi connectivity index (χ3v) is 2.44. The molecule has 1 aliphatic heterocycles. The highest BCUT2D eigenvalue weighted by molar-refractivity contribution is 9.10. The fourth-order valence-electron chi connectivity index (χ4n) is 1.33. The van der Waals surface area contributed by atoms with Crippen LogP contribution in [0.4, 0.5) is 0 Å². The Kier molecular flexibility index (Phi) is 1.57. The van der Waals surface area contributed by atoms with Gasteiger partial charge in [0.15, 0.2) is 0 Å². The van der Waals surface area contributed by atoms with E-state index in [1.807, 2.05) is 0 Å². The number of hydrogen-bond donors (Lipinski definition) is 0. The fraction of sp³-hybridized carbons (Fsp3) is 0.222. The Balaban J connectivity index is 2.58. The van der Waals surface area contributed by atoms with Gasteiger partial charge in [0.1, 0.15) is 0 Å². The topological polar surface area (TPSA) is 12.4 Å². The Morgan fingerprint density at radius 3 is 3.09 bits per heavy atom. The second kappa shape index (κ2) is 2.45. The summed E-state index contributed by atoms with van der Waals surface area (Å²) >= 11 is 3.43. The van der Waals surface area contributed by atoms with Gasteiger partial charge in [-0.3, -0.25) is 4.99 Å². The minimum Gasteiger partial charge on any atom is -0.285 e. The van der Waals surface area contributed by atoms with Crippen molar-refractivity contribution in [1.82, 2.24) is 0 Å². The summed E-state index contributed by atoms with van der Waals surface area (Å²) in [6.07, 6.45) is 0. The third kappa shape index (κ3) is 1.11. The van der Waals surface area contributed by atoms with Crippen molar-refractivity contribution in [3.05, 3.63) is 33.8 Å². The molecule has 1 aromatic rings. The van der Waals surface area contributed by atoms with Crippen molar-refractivity contribution in [3.63, 3.8) is 0 Å². The van der Waals surface area contributed by atoms with E-state index in [4.69, 9.17) is 0 Å². The van der Waals surface area contributed by atoms with Crippen LogP contribution in [0.15, 0.2) is 27.7 Å². The van der Waals surface area contributed by atoms with Crippen molar-refractivity contribution < 1.29 is 0 Å². The van der Waals surface area contributed by atoms with E-state index in [1.54, 1.807) is 0 Å². The van der Waals surface area contributed by atoms with Gasteiger partial charge in [-0.15, -0.1) is 0 Å². The summed E-state index contributed by atoms with van der Waals surface area (Å²) in [4.78, 5) is 4.34. The summed E-state index contributed by atoms with van der Waals surface area (Å²) in [6.45, 7) is 2.90. The molecule has 56 valence electrons. The molecule has 0 radical (unpaired) electrons. The van der Waals surface area contributed by atoms with Crippen molar-refractivity contribution in [1.29, 1.82) is 0 Å². The highest BCUT2D eigenvalue weighted by Crippen LogP contribution is 2.22. The number of hydrogen-bond acceptors (Lipinski definition) is 1. The summed E-state index contributed by atoms with van der Waals surface area (Å²) in [5.41, 5.74) is 3.79. The van der Waals surface area contributed by atoms with E-state index in [9.17, 15) is 0 Å². The van der Waals surface area contributed by atoms with Crippen LogP contribution in [-0.4, -0.2) is 5.71 Å². The number of rotatable bonds is 0. The lowest BCUT2D eigenvalue weighted by Crippen LogP contribution is -1.90. The lowest BCUT2D eigenvalue weighted by Gasteiger charge is -1.98. The molecular weight excluding hydrogens is 202 g/mol. The average molecular weight is 210 g/mol. The predicted molar refractivity (Wildman–Crippen MR) is 50.1 cm³/mol. The minimum atomic E-state index is 0.848. The van der Waals surface area contributed by atoms with Crippen molar-refractivity contribution in [3.8, 4) is 0 Å². The van der Waals surface area contributed by atoms with Gasteiger partial charge in [0.2, 0.25) is 0 Å². The maximum absolute atomic E-state index is 4.34. The Morgan fingerprint density at radius 1 is 1.45 bits per heavy atom.